The van der Waals surface area contributed by atoms with E-state index in [2.05, 4.69) is 10.6 Å². The number of ether oxygens (including phenoxy) is 1. The molecule has 0 unspecified atom stereocenters. The first-order valence-corrected chi connectivity index (χ1v) is 9.84. The SMILES string of the molecule is CCOC(=O)N1CCc2c(sc3c2C(=O)N[C@@H](/C=C\c2ccccc2)N3)C1. The highest BCUT2D eigenvalue weighted by Gasteiger charge is 2.33. The molecule has 3 heterocycles. The van der Waals surface area contributed by atoms with E-state index in [0.717, 1.165) is 26.6 Å². The molecule has 0 spiro atoms. The van der Waals surface area contributed by atoms with Crippen LogP contribution in [-0.4, -0.2) is 36.2 Å². The Labute approximate surface area is 161 Å². The molecule has 0 fully saturated rings. The summed E-state index contributed by atoms with van der Waals surface area (Å²) in [5, 5.41) is 7.26. The third-order valence-electron chi connectivity index (χ3n) is 4.66. The first-order valence-electron chi connectivity index (χ1n) is 9.02. The molecule has 6 nitrogen and oxygen atoms in total. The number of nitrogens with zero attached hydrogens (tertiary/aromatic N) is 1. The largest absolute Gasteiger partial charge is 0.450 e. The topological polar surface area (TPSA) is 70.7 Å². The van der Waals surface area contributed by atoms with E-state index in [1.165, 1.54) is 0 Å². The molecule has 2 N–H and O–H groups in total. The lowest BCUT2D eigenvalue weighted by atomic mass is 10.0. The summed E-state index contributed by atoms with van der Waals surface area (Å²) in [5.74, 6) is -0.0615. The molecule has 4 rings (SSSR count). The van der Waals surface area contributed by atoms with Crippen LogP contribution in [0.25, 0.3) is 6.08 Å². The fourth-order valence-electron chi connectivity index (χ4n) is 3.37. The highest BCUT2D eigenvalue weighted by atomic mass is 32.1. The zero-order chi connectivity index (χ0) is 18.8. The molecule has 7 heteroatoms. The first kappa shape index (κ1) is 17.6. The molecule has 2 amide bonds. The molecule has 27 heavy (non-hydrogen) atoms. The normalized spacial score (nSPS) is 18.5. The minimum Gasteiger partial charge on any atom is -0.450 e. The van der Waals surface area contributed by atoms with Crippen molar-refractivity contribution in [3.63, 3.8) is 0 Å². The summed E-state index contributed by atoms with van der Waals surface area (Å²) in [6.07, 6.45) is 4.04. The number of thiophene rings is 1. The number of rotatable bonds is 3. The van der Waals surface area contributed by atoms with Crippen molar-refractivity contribution in [3.8, 4) is 0 Å². The Balaban J connectivity index is 1.52. The number of amides is 2. The summed E-state index contributed by atoms with van der Waals surface area (Å²) >= 11 is 1.55. The number of hydrogen-bond donors (Lipinski definition) is 2. The van der Waals surface area contributed by atoms with Gasteiger partial charge in [0.1, 0.15) is 11.2 Å². The summed E-state index contributed by atoms with van der Waals surface area (Å²) in [4.78, 5) is 27.4. The highest BCUT2D eigenvalue weighted by molar-refractivity contribution is 7.16. The second-order valence-electron chi connectivity index (χ2n) is 6.44. The number of fused-ring (bicyclic) bond motifs is 3. The van der Waals surface area contributed by atoms with Crippen molar-refractivity contribution < 1.29 is 14.3 Å². The van der Waals surface area contributed by atoms with Gasteiger partial charge in [-0.2, -0.15) is 0 Å². The van der Waals surface area contributed by atoms with Gasteiger partial charge in [-0.15, -0.1) is 11.3 Å². The van der Waals surface area contributed by atoms with Gasteiger partial charge in [-0.3, -0.25) is 4.79 Å². The number of hydrogen-bond acceptors (Lipinski definition) is 5. The lowest BCUT2D eigenvalue weighted by Crippen LogP contribution is -2.43. The maximum Gasteiger partial charge on any atom is 0.410 e. The predicted octanol–water partition coefficient (Wildman–Crippen LogP) is 3.46. The van der Waals surface area contributed by atoms with E-state index in [-0.39, 0.29) is 18.2 Å². The second-order valence-corrected chi connectivity index (χ2v) is 7.55. The Hall–Kier alpha value is -2.80. The molecule has 2 aliphatic rings. The van der Waals surface area contributed by atoms with Crippen LogP contribution in [0.3, 0.4) is 0 Å². The van der Waals surface area contributed by atoms with Crippen molar-refractivity contribution >= 4 is 34.4 Å². The van der Waals surface area contributed by atoms with Crippen LogP contribution >= 0.6 is 11.3 Å². The first-order chi connectivity index (χ1) is 13.2. The van der Waals surface area contributed by atoms with Crippen LogP contribution < -0.4 is 10.6 Å². The van der Waals surface area contributed by atoms with Crippen LogP contribution in [0.15, 0.2) is 36.4 Å². The molecular weight excluding hydrogens is 362 g/mol. The van der Waals surface area contributed by atoms with Crippen molar-refractivity contribution in [1.29, 1.82) is 0 Å². The molecule has 0 aliphatic carbocycles. The summed E-state index contributed by atoms with van der Waals surface area (Å²) in [7, 11) is 0. The molecule has 1 atom stereocenters. The van der Waals surface area contributed by atoms with Crippen molar-refractivity contribution in [2.75, 3.05) is 18.5 Å². The molecule has 1 aromatic heterocycles. The van der Waals surface area contributed by atoms with Crippen LogP contribution in [0.5, 0.6) is 0 Å². The van der Waals surface area contributed by atoms with Gasteiger partial charge in [0.15, 0.2) is 0 Å². The average Bonchev–Trinajstić information content (AvgIpc) is 3.05. The van der Waals surface area contributed by atoms with Crippen LogP contribution in [0, 0.1) is 0 Å². The van der Waals surface area contributed by atoms with Gasteiger partial charge in [-0.25, -0.2) is 4.79 Å². The molecule has 0 radical (unpaired) electrons. The van der Waals surface area contributed by atoms with Crippen molar-refractivity contribution in [1.82, 2.24) is 10.2 Å². The molecule has 0 saturated heterocycles. The van der Waals surface area contributed by atoms with Gasteiger partial charge < -0.3 is 20.3 Å². The third kappa shape index (κ3) is 3.55. The van der Waals surface area contributed by atoms with E-state index in [1.54, 1.807) is 23.2 Å². The molecule has 0 saturated carbocycles. The van der Waals surface area contributed by atoms with E-state index < -0.39 is 0 Å². The monoisotopic (exact) mass is 383 g/mol. The fourth-order valence-corrected chi connectivity index (χ4v) is 4.67. The fraction of sp³-hybridized carbons (Fsp3) is 0.300. The minimum absolute atomic E-state index is 0.0615. The van der Waals surface area contributed by atoms with E-state index >= 15 is 0 Å². The summed E-state index contributed by atoms with van der Waals surface area (Å²) in [6, 6.07) is 9.96. The zero-order valence-corrected chi connectivity index (χ0v) is 15.8. The summed E-state index contributed by atoms with van der Waals surface area (Å²) < 4.78 is 5.10. The van der Waals surface area contributed by atoms with E-state index in [9.17, 15) is 9.59 Å². The quantitative estimate of drug-likeness (QED) is 0.852. The Morgan fingerprint density at radius 2 is 2.15 bits per heavy atom. The van der Waals surface area contributed by atoms with Gasteiger partial charge in [0, 0.05) is 11.4 Å². The standard InChI is InChI=1S/C20H21N3O3S/c1-2-26-20(25)23-11-10-14-15(12-23)27-19-17(14)18(24)21-16(22-19)9-8-13-6-4-3-5-7-13/h3-9,16,22H,2,10-12H2,1H3,(H,21,24)/b9-8-/t16-/m1/s1. The van der Waals surface area contributed by atoms with E-state index in [4.69, 9.17) is 4.74 Å². The highest BCUT2D eigenvalue weighted by Crippen LogP contribution is 2.39. The number of carbonyl (C=O) groups excluding carboxylic acids is 2. The van der Waals surface area contributed by atoms with Crippen molar-refractivity contribution in [2.24, 2.45) is 0 Å². The Morgan fingerprint density at radius 3 is 2.93 bits per heavy atom. The van der Waals surface area contributed by atoms with Crippen LogP contribution in [0.4, 0.5) is 9.80 Å². The van der Waals surface area contributed by atoms with Gasteiger partial charge in [0.2, 0.25) is 0 Å². The van der Waals surface area contributed by atoms with E-state index in [1.807, 2.05) is 42.5 Å². The van der Waals surface area contributed by atoms with Crippen molar-refractivity contribution in [3.05, 3.63) is 58.0 Å². The lowest BCUT2D eigenvalue weighted by Gasteiger charge is -2.27. The van der Waals surface area contributed by atoms with Gasteiger partial charge in [-0.1, -0.05) is 36.4 Å². The maximum atomic E-state index is 12.7. The third-order valence-corrected chi connectivity index (χ3v) is 5.81. The Morgan fingerprint density at radius 1 is 1.33 bits per heavy atom. The second kappa shape index (κ2) is 7.44. The number of benzene rings is 1. The van der Waals surface area contributed by atoms with Gasteiger partial charge in [0.25, 0.3) is 5.91 Å². The molecule has 140 valence electrons. The molecule has 1 aromatic carbocycles. The van der Waals surface area contributed by atoms with Gasteiger partial charge in [-0.05, 0) is 30.5 Å². The Bertz CT molecular complexity index is 891. The average molecular weight is 383 g/mol. The zero-order valence-electron chi connectivity index (χ0n) is 15.0. The molecular formula is C20H21N3O3S. The lowest BCUT2D eigenvalue weighted by molar-refractivity contribution is 0.0941. The number of carbonyl (C=O) groups is 2. The predicted molar refractivity (Wildman–Crippen MR) is 106 cm³/mol. The minimum atomic E-state index is -0.296. The van der Waals surface area contributed by atoms with Crippen molar-refractivity contribution in [2.45, 2.75) is 26.1 Å². The van der Waals surface area contributed by atoms with Crippen LogP contribution in [0.1, 0.15) is 33.3 Å². The van der Waals surface area contributed by atoms with Gasteiger partial charge in [0.05, 0.1) is 18.7 Å². The van der Waals surface area contributed by atoms with E-state index in [0.29, 0.717) is 26.1 Å². The Kier molecular flexibility index (Phi) is 4.85. The van der Waals surface area contributed by atoms with Crippen LogP contribution in [-0.2, 0) is 17.7 Å². The summed E-state index contributed by atoms with van der Waals surface area (Å²) in [6.45, 7) is 3.22. The number of nitrogens with one attached hydrogen (secondary N) is 2. The molecule has 2 aromatic rings. The summed E-state index contributed by atoms with van der Waals surface area (Å²) in [5.41, 5.74) is 2.85. The molecule has 0 bridgehead atoms. The van der Waals surface area contributed by atoms with Gasteiger partial charge >= 0.3 is 6.09 Å². The maximum absolute atomic E-state index is 12.7. The molecule has 2 aliphatic heterocycles. The number of anilines is 1. The van der Waals surface area contributed by atoms with Crippen LogP contribution in [0.2, 0.25) is 0 Å². The smallest absolute Gasteiger partial charge is 0.410 e.